The van der Waals surface area contributed by atoms with Crippen LogP contribution in [0.1, 0.15) is 33.8 Å². The van der Waals surface area contributed by atoms with Crippen molar-refractivity contribution in [1.82, 2.24) is 19.3 Å². The molecule has 2 aromatic rings. The SMILES string of the molecule is Cc1nc(SCC(=O)N2CCN(S(=O)(=O)c3c(C)noc3C)CC2)c(C#N)c(C)c1C. The Morgan fingerprint density at radius 2 is 1.74 bits per heavy atom. The zero-order valence-corrected chi connectivity index (χ0v) is 19.9. The summed E-state index contributed by atoms with van der Waals surface area (Å²) in [6.07, 6.45) is 0. The van der Waals surface area contributed by atoms with E-state index in [0.717, 1.165) is 16.8 Å². The van der Waals surface area contributed by atoms with Crippen LogP contribution in [-0.4, -0.2) is 65.6 Å². The molecule has 31 heavy (non-hydrogen) atoms. The van der Waals surface area contributed by atoms with Crippen LogP contribution >= 0.6 is 11.8 Å². The van der Waals surface area contributed by atoms with E-state index >= 15 is 0 Å². The van der Waals surface area contributed by atoms with Crippen molar-refractivity contribution in [3.63, 3.8) is 0 Å². The van der Waals surface area contributed by atoms with E-state index in [0.29, 0.717) is 29.4 Å². The highest BCUT2D eigenvalue weighted by Crippen LogP contribution is 2.27. The minimum Gasteiger partial charge on any atom is -0.360 e. The maximum absolute atomic E-state index is 12.9. The van der Waals surface area contributed by atoms with Gasteiger partial charge in [-0.05, 0) is 45.7 Å². The number of hydrogen-bond donors (Lipinski definition) is 0. The molecule has 1 aliphatic rings. The third-order valence-electron chi connectivity index (χ3n) is 5.56. The highest BCUT2D eigenvalue weighted by Gasteiger charge is 2.34. The molecule has 0 aliphatic carbocycles. The Labute approximate surface area is 186 Å². The maximum Gasteiger partial charge on any atom is 0.248 e. The van der Waals surface area contributed by atoms with Gasteiger partial charge in [-0.25, -0.2) is 13.4 Å². The fourth-order valence-electron chi connectivity index (χ4n) is 3.52. The number of nitrogens with zero attached hydrogens (tertiary/aromatic N) is 5. The van der Waals surface area contributed by atoms with Crippen LogP contribution < -0.4 is 0 Å². The van der Waals surface area contributed by atoms with Gasteiger partial charge in [-0.15, -0.1) is 0 Å². The lowest BCUT2D eigenvalue weighted by atomic mass is 10.1. The summed E-state index contributed by atoms with van der Waals surface area (Å²) in [5.41, 5.74) is 3.52. The minimum atomic E-state index is -3.72. The van der Waals surface area contributed by atoms with E-state index in [2.05, 4.69) is 16.2 Å². The molecule has 1 amide bonds. The zero-order chi connectivity index (χ0) is 22.9. The third kappa shape index (κ3) is 4.46. The molecule has 3 heterocycles. The smallest absolute Gasteiger partial charge is 0.248 e. The first-order valence-corrected chi connectivity index (χ1v) is 12.2. The molecular formula is C20H25N5O4S2. The van der Waals surface area contributed by atoms with Crippen LogP contribution in [0, 0.1) is 45.9 Å². The molecular weight excluding hydrogens is 438 g/mol. The lowest BCUT2D eigenvalue weighted by Crippen LogP contribution is -2.51. The van der Waals surface area contributed by atoms with Crippen molar-refractivity contribution in [2.45, 2.75) is 44.5 Å². The minimum absolute atomic E-state index is 0.100. The number of piperazine rings is 1. The second kappa shape index (κ2) is 8.98. The molecule has 2 aromatic heterocycles. The van der Waals surface area contributed by atoms with Crippen molar-refractivity contribution in [3.8, 4) is 6.07 Å². The van der Waals surface area contributed by atoms with Gasteiger partial charge in [-0.2, -0.15) is 9.57 Å². The van der Waals surface area contributed by atoms with Crippen molar-refractivity contribution in [1.29, 1.82) is 5.26 Å². The first-order chi connectivity index (χ1) is 14.6. The fraction of sp³-hybridized carbons (Fsp3) is 0.500. The number of pyridine rings is 1. The van der Waals surface area contributed by atoms with Crippen LogP contribution in [0.15, 0.2) is 14.4 Å². The summed E-state index contributed by atoms with van der Waals surface area (Å²) in [7, 11) is -3.72. The molecule has 0 atom stereocenters. The molecule has 0 aromatic carbocycles. The number of aryl methyl sites for hydroxylation is 3. The number of hydrogen-bond acceptors (Lipinski definition) is 8. The fourth-order valence-corrected chi connectivity index (χ4v) is 6.22. The number of nitriles is 1. The van der Waals surface area contributed by atoms with E-state index in [1.165, 1.54) is 16.1 Å². The zero-order valence-electron chi connectivity index (χ0n) is 18.2. The first-order valence-electron chi connectivity index (χ1n) is 9.79. The van der Waals surface area contributed by atoms with Gasteiger partial charge in [0.15, 0.2) is 5.76 Å². The maximum atomic E-state index is 12.9. The van der Waals surface area contributed by atoms with Crippen LogP contribution in [0.3, 0.4) is 0 Å². The highest BCUT2D eigenvalue weighted by molar-refractivity contribution is 8.00. The Balaban J connectivity index is 1.64. The molecule has 166 valence electrons. The van der Waals surface area contributed by atoms with Gasteiger partial charge in [0.2, 0.25) is 15.9 Å². The van der Waals surface area contributed by atoms with Gasteiger partial charge in [0, 0.05) is 31.9 Å². The number of aromatic nitrogens is 2. The Bertz CT molecular complexity index is 1140. The number of sulfonamides is 1. The van der Waals surface area contributed by atoms with Gasteiger partial charge in [0.25, 0.3) is 0 Å². The largest absolute Gasteiger partial charge is 0.360 e. The molecule has 0 N–H and O–H groups in total. The molecule has 0 unspecified atom stereocenters. The van der Waals surface area contributed by atoms with E-state index in [9.17, 15) is 18.5 Å². The average molecular weight is 464 g/mol. The van der Waals surface area contributed by atoms with Gasteiger partial charge >= 0.3 is 0 Å². The third-order valence-corrected chi connectivity index (χ3v) is 8.67. The first kappa shape index (κ1) is 23.2. The summed E-state index contributed by atoms with van der Waals surface area (Å²) in [5, 5.41) is 13.8. The molecule has 11 heteroatoms. The topological polar surface area (TPSA) is 120 Å². The van der Waals surface area contributed by atoms with Crippen molar-refractivity contribution >= 4 is 27.7 Å². The summed E-state index contributed by atoms with van der Waals surface area (Å²) >= 11 is 1.24. The van der Waals surface area contributed by atoms with Gasteiger partial charge < -0.3 is 9.42 Å². The lowest BCUT2D eigenvalue weighted by Gasteiger charge is -2.33. The Kier molecular flexibility index (Phi) is 6.73. The number of rotatable bonds is 5. The highest BCUT2D eigenvalue weighted by atomic mass is 32.2. The Hall–Kier alpha value is -2.42. The van der Waals surface area contributed by atoms with Crippen LogP contribution in [0.2, 0.25) is 0 Å². The lowest BCUT2D eigenvalue weighted by molar-refractivity contribution is -0.129. The van der Waals surface area contributed by atoms with Gasteiger partial charge in [-0.3, -0.25) is 4.79 Å². The van der Waals surface area contributed by atoms with E-state index in [1.54, 1.807) is 18.7 Å². The van der Waals surface area contributed by atoms with Crippen molar-refractivity contribution in [2.24, 2.45) is 0 Å². The molecule has 0 spiro atoms. The van der Waals surface area contributed by atoms with Crippen LogP contribution in [-0.2, 0) is 14.8 Å². The Morgan fingerprint density at radius 1 is 1.10 bits per heavy atom. The molecule has 1 fully saturated rings. The molecule has 0 radical (unpaired) electrons. The molecule has 9 nitrogen and oxygen atoms in total. The number of carbonyl (C=O) groups is 1. The van der Waals surface area contributed by atoms with E-state index < -0.39 is 10.0 Å². The van der Waals surface area contributed by atoms with E-state index in [4.69, 9.17) is 4.52 Å². The normalized spacial score (nSPS) is 15.2. The second-order valence-electron chi connectivity index (χ2n) is 7.47. The molecule has 1 saturated heterocycles. The molecule has 1 aliphatic heterocycles. The average Bonchev–Trinajstić information content (AvgIpc) is 3.09. The molecule has 3 rings (SSSR count). The molecule has 0 saturated carbocycles. The van der Waals surface area contributed by atoms with E-state index in [-0.39, 0.29) is 35.4 Å². The van der Waals surface area contributed by atoms with Gasteiger partial charge in [-0.1, -0.05) is 16.9 Å². The Morgan fingerprint density at radius 3 is 2.29 bits per heavy atom. The van der Waals surface area contributed by atoms with Gasteiger partial charge in [0.1, 0.15) is 21.7 Å². The summed E-state index contributed by atoms with van der Waals surface area (Å²) in [6, 6.07) is 2.19. The summed E-state index contributed by atoms with van der Waals surface area (Å²) in [5.74, 6) is 0.290. The number of amides is 1. The van der Waals surface area contributed by atoms with Gasteiger partial charge in [0.05, 0.1) is 11.3 Å². The summed E-state index contributed by atoms with van der Waals surface area (Å²) < 4.78 is 32.2. The van der Waals surface area contributed by atoms with Crippen LogP contribution in [0.5, 0.6) is 0 Å². The van der Waals surface area contributed by atoms with Crippen molar-refractivity contribution in [2.75, 3.05) is 31.9 Å². The monoisotopic (exact) mass is 463 g/mol. The number of carbonyl (C=O) groups excluding carboxylic acids is 1. The standard InChI is InChI=1S/C20H25N5O4S2/c1-12-13(2)17(10-21)20(22-14(12)3)30-11-18(26)24-6-8-25(9-7-24)31(27,28)19-15(4)23-29-16(19)5/h6-9,11H2,1-5H3. The van der Waals surface area contributed by atoms with Crippen molar-refractivity contribution in [3.05, 3.63) is 33.8 Å². The predicted molar refractivity (Wildman–Crippen MR) is 115 cm³/mol. The summed E-state index contributed by atoms with van der Waals surface area (Å²) in [4.78, 5) is 18.9. The van der Waals surface area contributed by atoms with Crippen LogP contribution in [0.4, 0.5) is 0 Å². The summed E-state index contributed by atoms with van der Waals surface area (Å²) in [6.45, 7) is 9.86. The van der Waals surface area contributed by atoms with Crippen molar-refractivity contribution < 1.29 is 17.7 Å². The van der Waals surface area contributed by atoms with Crippen LogP contribution in [0.25, 0.3) is 0 Å². The predicted octanol–water partition coefficient (Wildman–Crippen LogP) is 2.11. The van der Waals surface area contributed by atoms with E-state index in [1.807, 2.05) is 20.8 Å². The quantitative estimate of drug-likeness (QED) is 0.618. The molecule has 0 bridgehead atoms. The number of thioether (sulfide) groups is 1. The second-order valence-corrected chi connectivity index (χ2v) is 10.3.